The van der Waals surface area contributed by atoms with Gasteiger partial charge in [-0.05, 0) is 56.8 Å². The molecule has 1 aromatic rings. The minimum atomic E-state index is -0.442. The Hall–Kier alpha value is -2.97. The van der Waals surface area contributed by atoms with Crippen molar-refractivity contribution < 1.29 is 14.3 Å². The summed E-state index contributed by atoms with van der Waals surface area (Å²) in [5.41, 5.74) is 2.79. The summed E-state index contributed by atoms with van der Waals surface area (Å²) in [4.78, 5) is 24.6. The van der Waals surface area contributed by atoms with Crippen molar-refractivity contribution in [2.24, 2.45) is 4.99 Å². The Morgan fingerprint density at radius 3 is 2.74 bits per heavy atom. The Morgan fingerprint density at radius 1 is 1.26 bits per heavy atom. The van der Waals surface area contributed by atoms with Crippen LogP contribution in [0, 0.1) is 5.82 Å². The number of nitrogens with zero attached hydrogens (tertiary/aromatic N) is 3. The van der Waals surface area contributed by atoms with Crippen molar-refractivity contribution in [3.8, 4) is 5.88 Å². The van der Waals surface area contributed by atoms with Gasteiger partial charge in [-0.25, -0.2) is 4.39 Å². The fourth-order valence-electron chi connectivity index (χ4n) is 3.60. The summed E-state index contributed by atoms with van der Waals surface area (Å²) in [6.45, 7) is 9.09. The zero-order valence-corrected chi connectivity index (χ0v) is 18.3. The number of piperazine rings is 1. The molecule has 0 bridgehead atoms. The maximum absolute atomic E-state index is 13.7. The van der Waals surface area contributed by atoms with Gasteiger partial charge >= 0.3 is 0 Å². The van der Waals surface area contributed by atoms with E-state index in [9.17, 15) is 14.3 Å². The molecule has 0 spiro atoms. The number of halogens is 1. The lowest BCUT2D eigenvalue weighted by Gasteiger charge is -2.32. The second kappa shape index (κ2) is 10.4. The maximum atomic E-state index is 13.7. The molecule has 0 aliphatic carbocycles. The molecule has 2 aliphatic rings. The summed E-state index contributed by atoms with van der Waals surface area (Å²) < 4.78 is 13.7. The van der Waals surface area contributed by atoms with Gasteiger partial charge in [-0.1, -0.05) is 0 Å². The number of carbonyl (C=O) groups excluding carboxylic acids is 1. The largest absolute Gasteiger partial charge is 0.494 e. The van der Waals surface area contributed by atoms with Crippen molar-refractivity contribution in [3.63, 3.8) is 0 Å². The van der Waals surface area contributed by atoms with Gasteiger partial charge in [0.2, 0.25) is 0 Å². The molecule has 3 heterocycles. The molecule has 1 fully saturated rings. The fraction of sp³-hybridized carbons (Fsp3) is 0.391. The van der Waals surface area contributed by atoms with Gasteiger partial charge in [0, 0.05) is 51.0 Å². The number of rotatable bonds is 5. The lowest BCUT2D eigenvalue weighted by atomic mass is 10.0. The van der Waals surface area contributed by atoms with Crippen LogP contribution in [0.5, 0.6) is 5.88 Å². The van der Waals surface area contributed by atoms with Gasteiger partial charge in [-0.15, -0.1) is 0 Å². The summed E-state index contributed by atoms with van der Waals surface area (Å²) in [6, 6.07) is 5.46. The van der Waals surface area contributed by atoms with Gasteiger partial charge in [0.05, 0.1) is 17.0 Å². The average Bonchev–Trinajstić information content (AvgIpc) is 3.05. The average molecular weight is 428 g/mol. The van der Waals surface area contributed by atoms with Gasteiger partial charge in [-0.3, -0.25) is 14.7 Å². The maximum Gasteiger partial charge on any atom is 0.253 e. The van der Waals surface area contributed by atoms with Crippen molar-refractivity contribution in [3.05, 3.63) is 58.7 Å². The van der Waals surface area contributed by atoms with Gasteiger partial charge in [-0.2, -0.15) is 0 Å². The number of aliphatic imine (C=N–C) groups is 1. The first kappa shape index (κ1) is 22.7. The lowest BCUT2D eigenvalue weighted by molar-refractivity contribution is -0.117. The van der Waals surface area contributed by atoms with Crippen LogP contribution in [0.1, 0.15) is 19.4 Å². The predicted octanol–water partition coefficient (Wildman–Crippen LogP) is 2.48. The Bertz CT molecular complexity index is 970. The summed E-state index contributed by atoms with van der Waals surface area (Å²) in [6.07, 6.45) is 3.07. The highest BCUT2D eigenvalue weighted by molar-refractivity contribution is 6.24. The zero-order chi connectivity index (χ0) is 22.4. The Balaban J connectivity index is 1.73. The topological polar surface area (TPSA) is 84.0 Å². The molecule has 0 atom stereocenters. The third-order valence-corrected chi connectivity index (χ3v) is 5.51. The molecule has 0 unspecified atom stereocenters. The van der Waals surface area contributed by atoms with Gasteiger partial charge in [0.25, 0.3) is 5.91 Å². The van der Waals surface area contributed by atoms with Crippen LogP contribution in [0.4, 0.5) is 4.39 Å². The Morgan fingerprint density at radius 2 is 2.00 bits per heavy atom. The summed E-state index contributed by atoms with van der Waals surface area (Å²) in [5.74, 6) is -0.731. The number of carbonyl (C=O) groups is 1. The molecule has 1 aromatic heterocycles. The third-order valence-electron chi connectivity index (χ3n) is 5.51. The van der Waals surface area contributed by atoms with Gasteiger partial charge in [0.15, 0.2) is 5.88 Å². The molecular weight excluding hydrogens is 397 g/mol. The van der Waals surface area contributed by atoms with E-state index in [4.69, 9.17) is 0 Å². The van der Waals surface area contributed by atoms with Crippen LogP contribution in [-0.2, 0) is 4.79 Å². The predicted molar refractivity (Wildman–Crippen MR) is 121 cm³/mol. The lowest BCUT2D eigenvalue weighted by Crippen LogP contribution is -2.47. The van der Waals surface area contributed by atoms with Crippen molar-refractivity contribution in [2.75, 3.05) is 46.3 Å². The smallest absolute Gasteiger partial charge is 0.253 e. The Labute approximate surface area is 182 Å². The zero-order valence-electron chi connectivity index (χ0n) is 18.3. The number of aromatic amines is 1. The molecule has 31 heavy (non-hydrogen) atoms. The fourth-order valence-corrected chi connectivity index (χ4v) is 3.60. The first-order chi connectivity index (χ1) is 14.8. The van der Waals surface area contributed by atoms with Crippen molar-refractivity contribution in [1.29, 1.82) is 0 Å². The van der Waals surface area contributed by atoms with E-state index in [1.807, 2.05) is 6.92 Å². The number of hydrogen-bond acceptors (Lipinski definition) is 5. The second-order valence-corrected chi connectivity index (χ2v) is 7.82. The van der Waals surface area contributed by atoms with Gasteiger partial charge in [0.1, 0.15) is 5.82 Å². The normalized spacial score (nSPS) is 18.8. The molecule has 3 N–H and O–H groups in total. The van der Waals surface area contributed by atoms with Crippen LogP contribution in [0.2, 0.25) is 0 Å². The molecule has 7 nitrogen and oxygen atoms in total. The second-order valence-electron chi connectivity index (χ2n) is 7.82. The number of likely N-dealkylation sites (N-methyl/N-ethyl adjacent to an activating group) is 1. The number of aromatic nitrogens is 1. The van der Waals surface area contributed by atoms with Crippen molar-refractivity contribution in [2.45, 2.75) is 13.8 Å². The highest BCUT2D eigenvalue weighted by atomic mass is 19.1. The molecule has 3 rings (SSSR count). The molecule has 8 heteroatoms. The summed E-state index contributed by atoms with van der Waals surface area (Å²) in [7, 11) is 2.12. The van der Waals surface area contributed by atoms with Crippen LogP contribution < -0.4 is 5.32 Å². The molecule has 166 valence electrons. The summed E-state index contributed by atoms with van der Waals surface area (Å²) >= 11 is 0. The van der Waals surface area contributed by atoms with E-state index >= 15 is 0 Å². The monoisotopic (exact) mass is 427 g/mol. The third kappa shape index (κ3) is 6.02. The van der Waals surface area contributed by atoms with Crippen molar-refractivity contribution in [1.82, 2.24) is 20.1 Å². The van der Waals surface area contributed by atoms with E-state index in [1.54, 1.807) is 13.0 Å². The first-order valence-corrected chi connectivity index (χ1v) is 10.4. The van der Waals surface area contributed by atoms with E-state index in [0.29, 0.717) is 29.1 Å². The van der Waals surface area contributed by atoms with E-state index in [-0.39, 0.29) is 11.8 Å². The van der Waals surface area contributed by atoms with Crippen molar-refractivity contribution >= 4 is 17.7 Å². The van der Waals surface area contributed by atoms with E-state index < -0.39 is 5.82 Å². The quantitative estimate of drug-likeness (QED) is 0.674. The van der Waals surface area contributed by atoms with Crippen LogP contribution in [-0.4, -0.2) is 77.8 Å². The molecule has 1 amide bonds. The number of H-pyrrole nitrogens is 1. The minimum Gasteiger partial charge on any atom is -0.494 e. The minimum absolute atomic E-state index is 0.131. The molecular formula is C23H30FN5O2. The molecule has 0 aromatic carbocycles. The molecule has 1 saturated heterocycles. The first-order valence-electron chi connectivity index (χ1n) is 10.4. The number of aromatic hydroxyl groups is 1. The number of allylic oxidation sites excluding steroid dienone is 1. The van der Waals surface area contributed by atoms with E-state index in [0.717, 1.165) is 38.3 Å². The highest BCUT2D eigenvalue weighted by Gasteiger charge is 2.24. The SMILES string of the molecule is CC1=NC(=Cc2ccc(F)ccc[nH]c2O)C(C)=C1C(=O)NCCN1CCN(C)CC1. The number of nitrogens with one attached hydrogen (secondary N) is 2. The van der Waals surface area contributed by atoms with E-state index in [2.05, 4.69) is 32.1 Å². The van der Waals surface area contributed by atoms with Crippen LogP contribution >= 0.6 is 0 Å². The molecule has 0 saturated carbocycles. The van der Waals surface area contributed by atoms with E-state index in [1.165, 1.54) is 30.5 Å². The van der Waals surface area contributed by atoms with Crippen LogP contribution in [0.25, 0.3) is 6.08 Å². The Kier molecular flexibility index (Phi) is 7.59. The molecule has 0 radical (unpaired) electrons. The van der Waals surface area contributed by atoms with Crippen LogP contribution in [0.15, 0.2) is 52.3 Å². The highest BCUT2D eigenvalue weighted by Crippen LogP contribution is 2.28. The standard InChI is InChI=1S/C23H30FN5O2/c1-16-20(15-18-6-7-19(24)5-4-8-25-22(18)30)27-17(2)21(16)23(31)26-9-10-29-13-11-28(3)12-14-29/h4-8,15,25,30H,9-14H2,1-3H3,(H,26,31). The number of hydrogen-bond donors (Lipinski definition) is 3. The van der Waals surface area contributed by atoms with Gasteiger partial charge < -0.3 is 20.3 Å². The summed E-state index contributed by atoms with van der Waals surface area (Å²) in [5, 5.41) is 13.2. The number of amides is 1. The van der Waals surface area contributed by atoms with Crippen LogP contribution in [0.3, 0.4) is 0 Å². The molecule has 2 aliphatic heterocycles.